The first-order chi connectivity index (χ1) is 7.68. The molecule has 1 aromatic rings. The lowest BCUT2D eigenvalue weighted by Crippen LogP contribution is -2.39. The van der Waals surface area contributed by atoms with Gasteiger partial charge in [-0.1, -0.05) is 12.1 Å². The summed E-state index contributed by atoms with van der Waals surface area (Å²) in [6, 6.07) is 6.63. The maximum absolute atomic E-state index is 12.1. The summed E-state index contributed by atoms with van der Waals surface area (Å²) in [5.41, 5.74) is 0.541. The van der Waals surface area contributed by atoms with Crippen LogP contribution in [0.3, 0.4) is 0 Å². The summed E-state index contributed by atoms with van der Waals surface area (Å²) in [6.45, 7) is 1.85. The maximum Gasteiger partial charge on any atom is 0.217 e. The molecule has 0 bridgehead atoms. The third kappa shape index (κ3) is 2.05. The van der Waals surface area contributed by atoms with Crippen LogP contribution in [-0.4, -0.2) is 24.3 Å². The molecular formula is C12H13NO3. The van der Waals surface area contributed by atoms with Gasteiger partial charge in [0.2, 0.25) is 5.91 Å². The van der Waals surface area contributed by atoms with Crippen molar-refractivity contribution >= 4 is 11.7 Å². The monoisotopic (exact) mass is 219 g/mol. The van der Waals surface area contributed by atoms with Gasteiger partial charge in [-0.25, -0.2) is 0 Å². The first-order valence-electron chi connectivity index (χ1n) is 5.21. The Kier molecular flexibility index (Phi) is 2.90. The van der Waals surface area contributed by atoms with E-state index in [2.05, 4.69) is 5.32 Å². The Hall–Kier alpha value is -1.84. The van der Waals surface area contributed by atoms with Gasteiger partial charge in [0.1, 0.15) is 5.75 Å². The van der Waals surface area contributed by atoms with Gasteiger partial charge in [0.25, 0.3) is 0 Å². The molecule has 16 heavy (non-hydrogen) atoms. The van der Waals surface area contributed by atoms with Crippen LogP contribution in [0.25, 0.3) is 0 Å². The van der Waals surface area contributed by atoms with Gasteiger partial charge in [0.15, 0.2) is 5.78 Å². The number of para-hydroxylation sites is 1. The molecule has 1 aliphatic rings. The lowest BCUT2D eigenvalue weighted by molar-refractivity contribution is -0.119. The predicted molar refractivity (Wildman–Crippen MR) is 58.5 cm³/mol. The molecule has 0 aliphatic carbocycles. The van der Waals surface area contributed by atoms with Gasteiger partial charge >= 0.3 is 0 Å². The van der Waals surface area contributed by atoms with Crippen LogP contribution in [0.15, 0.2) is 24.3 Å². The van der Waals surface area contributed by atoms with Crippen molar-refractivity contribution in [1.82, 2.24) is 5.32 Å². The highest BCUT2D eigenvalue weighted by Crippen LogP contribution is 2.23. The van der Waals surface area contributed by atoms with Crippen molar-refractivity contribution in [3.63, 3.8) is 0 Å². The third-order valence-electron chi connectivity index (χ3n) is 2.51. The molecule has 1 atom stereocenters. The average molecular weight is 219 g/mol. The Morgan fingerprint density at radius 3 is 2.94 bits per heavy atom. The molecule has 84 valence electrons. The molecule has 4 nitrogen and oxygen atoms in total. The van der Waals surface area contributed by atoms with Crippen LogP contribution in [0.2, 0.25) is 0 Å². The summed E-state index contributed by atoms with van der Waals surface area (Å²) in [4.78, 5) is 23.1. The first-order valence-corrected chi connectivity index (χ1v) is 5.21. The summed E-state index contributed by atoms with van der Waals surface area (Å²) in [6.07, 6.45) is 0.507. The van der Waals surface area contributed by atoms with Crippen LogP contribution in [0, 0.1) is 0 Å². The van der Waals surface area contributed by atoms with E-state index in [0.29, 0.717) is 24.3 Å². The molecule has 4 heteroatoms. The largest absolute Gasteiger partial charge is 0.493 e. The van der Waals surface area contributed by atoms with Crippen molar-refractivity contribution in [2.45, 2.75) is 19.4 Å². The fourth-order valence-corrected chi connectivity index (χ4v) is 1.78. The number of carbonyl (C=O) groups excluding carboxylic acids is 2. The molecule has 1 amide bonds. The number of nitrogens with one attached hydrogen (secondary N) is 1. The van der Waals surface area contributed by atoms with Crippen LogP contribution in [0.4, 0.5) is 0 Å². The van der Waals surface area contributed by atoms with Crippen molar-refractivity contribution < 1.29 is 14.3 Å². The number of hydrogen-bond donors (Lipinski definition) is 1. The van der Waals surface area contributed by atoms with E-state index in [0.717, 1.165) is 0 Å². The highest BCUT2D eigenvalue weighted by atomic mass is 16.5. The van der Waals surface area contributed by atoms with E-state index in [9.17, 15) is 9.59 Å². The highest BCUT2D eigenvalue weighted by Gasteiger charge is 2.26. The van der Waals surface area contributed by atoms with Crippen molar-refractivity contribution in [2.75, 3.05) is 6.61 Å². The number of ketones is 1. The molecule has 2 rings (SSSR count). The van der Waals surface area contributed by atoms with E-state index < -0.39 is 6.04 Å². The molecule has 0 saturated carbocycles. The van der Waals surface area contributed by atoms with Gasteiger partial charge in [0, 0.05) is 13.3 Å². The smallest absolute Gasteiger partial charge is 0.217 e. The Labute approximate surface area is 93.6 Å². The summed E-state index contributed by atoms with van der Waals surface area (Å²) >= 11 is 0. The number of benzene rings is 1. The number of amides is 1. The zero-order valence-corrected chi connectivity index (χ0v) is 9.03. The SMILES string of the molecule is CC(=O)NC1CCOc2ccccc2C1=O. The topological polar surface area (TPSA) is 55.4 Å². The Bertz CT molecular complexity index is 428. The van der Waals surface area contributed by atoms with Crippen LogP contribution in [0.1, 0.15) is 23.7 Å². The Morgan fingerprint density at radius 1 is 1.44 bits per heavy atom. The van der Waals surface area contributed by atoms with Crippen LogP contribution in [0.5, 0.6) is 5.75 Å². The second-order valence-corrected chi connectivity index (χ2v) is 3.75. The molecule has 0 fully saturated rings. The lowest BCUT2D eigenvalue weighted by Gasteiger charge is -2.12. The van der Waals surface area contributed by atoms with Crippen LogP contribution < -0.4 is 10.1 Å². The fraction of sp³-hybridized carbons (Fsp3) is 0.333. The maximum atomic E-state index is 12.1. The quantitative estimate of drug-likeness (QED) is 0.771. The Morgan fingerprint density at radius 2 is 2.19 bits per heavy atom. The second kappa shape index (κ2) is 4.35. The molecule has 0 saturated heterocycles. The van der Waals surface area contributed by atoms with Crippen molar-refractivity contribution in [1.29, 1.82) is 0 Å². The lowest BCUT2D eigenvalue weighted by atomic mass is 10.0. The molecule has 1 aromatic carbocycles. The minimum absolute atomic E-state index is 0.0803. The predicted octanol–water partition coefficient (Wildman–Crippen LogP) is 1.16. The van der Waals surface area contributed by atoms with Gasteiger partial charge in [-0.3, -0.25) is 9.59 Å². The van der Waals surface area contributed by atoms with Gasteiger partial charge in [0.05, 0.1) is 18.2 Å². The van der Waals surface area contributed by atoms with E-state index in [1.165, 1.54) is 6.92 Å². The average Bonchev–Trinajstić information content (AvgIpc) is 2.40. The summed E-state index contributed by atoms with van der Waals surface area (Å²) in [5, 5.41) is 2.64. The van der Waals surface area contributed by atoms with E-state index in [4.69, 9.17) is 4.74 Å². The molecule has 0 aromatic heterocycles. The molecular weight excluding hydrogens is 206 g/mol. The van der Waals surface area contributed by atoms with E-state index in [-0.39, 0.29) is 11.7 Å². The van der Waals surface area contributed by atoms with E-state index >= 15 is 0 Å². The number of fused-ring (bicyclic) bond motifs is 1. The molecule has 1 heterocycles. The summed E-state index contributed by atoms with van der Waals surface area (Å²) in [7, 11) is 0. The summed E-state index contributed by atoms with van der Waals surface area (Å²) < 4.78 is 5.46. The number of ether oxygens (including phenoxy) is 1. The van der Waals surface area contributed by atoms with E-state index in [1.54, 1.807) is 18.2 Å². The minimum Gasteiger partial charge on any atom is -0.493 e. The highest BCUT2D eigenvalue weighted by molar-refractivity contribution is 6.04. The molecule has 1 N–H and O–H groups in total. The number of rotatable bonds is 1. The molecule has 0 spiro atoms. The zero-order chi connectivity index (χ0) is 11.5. The Balaban J connectivity index is 2.30. The molecule has 1 aliphatic heterocycles. The van der Waals surface area contributed by atoms with Crippen LogP contribution in [-0.2, 0) is 4.79 Å². The number of Topliss-reactive ketones (excluding diaryl/α,β-unsaturated/α-hetero) is 1. The van der Waals surface area contributed by atoms with Gasteiger partial charge < -0.3 is 10.1 Å². The summed E-state index contributed by atoms with van der Waals surface area (Å²) in [5.74, 6) is 0.321. The standard InChI is InChI=1S/C12H13NO3/c1-8(14)13-10-6-7-16-11-5-3-2-4-9(11)12(10)15/h2-5,10H,6-7H2,1H3,(H,13,14). The van der Waals surface area contributed by atoms with Crippen molar-refractivity contribution in [3.05, 3.63) is 29.8 Å². The zero-order valence-electron chi connectivity index (χ0n) is 9.03. The first kappa shape index (κ1) is 10.7. The number of hydrogen-bond acceptors (Lipinski definition) is 3. The minimum atomic E-state index is -0.471. The normalized spacial score (nSPS) is 19.3. The van der Waals surface area contributed by atoms with Crippen molar-refractivity contribution in [2.24, 2.45) is 0 Å². The van der Waals surface area contributed by atoms with Gasteiger partial charge in [-0.2, -0.15) is 0 Å². The molecule has 1 unspecified atom stereocenters. The second-order valence-electron chi connectivity index (χ2n) is 3.75. The van der Waals surface area contributed by atoms with E-state index in [1.807, 2.05) is 6.07 Å². The van der Waals surface area contributed by atoms with Crippen molar-refractivity contribution in [3.8, 4) is 5.75 Å². The van der Waals surface area contributed by atoms with Gasteiger partial charge in [-0.15, -0.1) is 0 Å². The third-order valence-corrected chi connectivity index (χ3v) is 2.51. The molecule has 0 radical (unpaired) electrons. The van der Waals surface area contributed by atoms with Crippen LogP contribution >= 0.6 is 0 Å². The fourth-order valence-electron chi connectivity index (χ4n) is 1.78. The van der Waals surface area contributed by atoms with Gasteiger partial charge in [-0.05, 0) is 12.1 Å². The number of carbonyl (C=O) groups is 2.